The normalized spacial score (nSPS) is 14.1. The number of fused-ring (bicyclic) bond motifs is 1. The Morgan fingerprint density at radius 1 is 0.800 bits per heavy atom. The van der Waals surface area contributed by atoms with Crippen molar-refractivity contribution in [1.82, 2.24) is 4.90 Å². The molecule has 1 saturated heterocycles. The van der Waals surface area contributed by atoms with Crippen LogP contribution in [0.4, 0.5) is 4.39 Å². The minimum Gasteiger partial charge on any atom is -0.497 e. The van der Waals surface area contributed by atoms with Crippen LogP contribution < -0.4 is 14.2 Å². The molecule has 35 heavy (non-hydrogen) atoms. The molecule has 4 nitrogen and oxygen atoms in total. The van der Waals surface area contributed by atoms with E-state index in [-0.39, 0.29) is 5.82 Å². The van der Waals surface area contributed by atoms with Gasteiger partial charge >= 0.3 is 0 Å². The molecule has 0 unspecified atom stereocenters. The van der Waals surface area contributed by atoms with Gasteiger partial charge in [0.15, 0.2) is 0 Å². The molecule has 1 aliphatic heterocycles. The first kappa shape index (κ1) is 23.2. The number of methoxy groups -OCH3 is 1. The number of rotatable bonds is 8. The SMILES string of the molecule is COc1ccc2c(Oc3ccc(OCCN4CCCCC4)cc3)c(-c3cccc(F)c3)ccc2c1. The van der Waals surface area contributed by atoms with Gasteiger partial charge in [0.05, 0.1) is 7.11 Å². The fourth-order valence-corrected chi connectivity index (χ4v) is 4.60. The lowest BCUT2D eigenvalue weighted by molar-refractivity contribution is 0.183. The van der Waals surface area contributed by atoms with Crippen molar-refractivity contribution < 1.29 is 18.6 Å². The van der Waals surface area contributed by atoms with E-state index in [1.54, 1.807) is 13.2 Å². The van der Waals surface area contributed by atoms with E-state index < -0.39 is 0 Å². The van der Waals surface area contributed by atoms with Gasteiger partial charge in [0.1, 0.15) is 35.4 Å². The highest BCUT2D eigenvalue weighted by Gasteiger charge is 2.14. The van der Waals surface area contributed by atoms with Gasteiger partial charge < -0.3 is 14.2 Å². The number of likely N-dealkylation sites (tertiary alicyclic amines) is 1. The number of piperidine rings is 1. The second kappa shape index (κ2) is 10.8. The fourth-order valence-electron chi connectivity index (χ4n) is 4.60. The third-order valence-corrected chi connectivity index (χ3v) is 6.48. The van der Waals surface area contributed by atoms with Gasteiger partial charge in [-0.3, -0.25) is 4.90 Å². The molecule has 0 bridgehead atoms. The van der Waals surface area contributed by atoms with Crippen LogP contribution in [0, 0.1) is 5.82 Å². The molecule has 5 heteroatoms. The van der Waals surface area contributed by atoms with Crippen LogP contribution in [0.3, 0.4) is 0 Å². The van der Waals surface area contributed by atoms with Crippen LogP contribution in [0.5, 0.6) is 23.0 Å². The standard InChI is InChI=1S/C30H30FNO3/c1-33-27-13-15-29-23(21-27)8-14-28(22-6-5-7-24(31)20-22)30(29)35-26-11-9-25(10-12-26)34-19-18-32-16-3-2-4-17-32/h5-15,20-21H,2-4,16-19H2,1H3. The zero-order chi connectivity index (χ0) is 24.0. The fraction of sp³-hybridized carbons (Fsp3) is 0.267. The third kappa shape index (κ3) is 5.57. The molecular weight excluding hydrogens is 441 g/mol. The van der Waals surface area contributed by atoms with Gasteiger partial charge in [-0.05, 0) is 97.5 Å². The first-order valence-electron chi connectivity index (χ1n) is 12.2. The lowest BCUT2D eigenvalue weighted by Crippen LogP contribution is -2.33. The van der Waals surface area contributed by atoms with Crippen molar-refractivity contribution in [2.45, 2.75) is 19.3 Å². The summed E-state index contributed by atoms with van der Waals surface area (Å²) in [7, 11) is 1.65. The topological polar surface area (TPSA) is 30.9 Å². The highest BCUT2D eigenvalue weighted by atomic mass is 19.1. The lowest BCUT2D eigenvalue weighted by atomic mass is 9.99. The molecule has 0 atom stereocenters. The number of hydrogen-bond acceptors (Lipinski definition) is 4. The molecule has 1 heterocycles. The summed E-state index contributed by atoms with van der Waals surface area (Å²) in [6, 6.07) is 24.1. The summed E-state index contributed by atoms with van der Waals surface area (Å²) in [6.45, 7) is 3.96. The zero-order valence-corrected chi connectivity index (χ0v) is 20.0. The van der Waals surface area contributed by atoms with Crippen molar-refractivity contribution in [3.63, 3.8) is 0 Å². The Labute approximate surface area is 205 Å². The van der Waals surface area contributed by atoms with Crippen LogP contribution in [0.1, 0.15) is 19.3 Å². The highest BCUT2D eigenvalue weighted by molar-refractivity contribution is 5.96. The summed E-state index contributed by atoms with van der Waals surface area (Å²) >= 11 is 0. The second-order valence-electron chi connectivity index (χ2n) is 8.86. The van der Waals surface area contributed by atoms with Gasteiger partial charge in [0.25, 0.3) is 0 Å². The minimum atomic E-state index is -0.283. The molecule has 0 amide bonds. The van der Waals surface area contributed by atoms with Crippen LogP contribution in [0.25, 0.3) is 21.9 Å². The van der Waals surface area contributed by atoms with Gasteiger partial charge in [-0.1, -0.05) is 24.6 Å². The Morgan fingerprint density at radius 3 is 2.34 bits per heavy atom. The molecule has 4 aromatic carbocycles. The van der Waals surface area contributed by atoms with Crippen LogP contribution in [-0.4, -0.2) is 38.3 Å². The van der Waals surface area contributed by atoms with Gasteiger partial charge in [0, 0.05) is 17.5 Å². The molecule has 0 aromatic heterocycles. The van der Waals surface area contributed by atoms with E-state index in [0.29, 0.717) is 18.1 Å². The van der Waals surface area contributed by atoms with Gasteiger partial charge in [-0.2, -0.15) is 0 Å². The molecular formula is C30H30FNO3. The predicted octanol–water partition coefficient (Wildman–Crippen LogP) is 7.31. The van der Waals surface area contributed by atoms with Crippen LogP contribution in [0.2, 0.25) is 0 Å². The average Bonchev–Trinajstić information content (AvgIpc) is 2.90. The molecule has 0 spiro atoms. The summed E-state index contributed by atoms with van der Waals surface area (Å²) in [4.78, 5) is 2.46. The van der Waals surface area contributed by atoms with E-state index >= 15 is 0 Å². The van der Waals surface area contributed by atoms with Gasteiger partial charge in [-0.15, -0.1) is 0 Å². The van der Waals surface area contributed by atoms with Crippen molar-refractivity contribution >= 4 is 10.8 Å². The largest absolute Gasteiger partial charge is 0.497 e. The molecule has 0 N–H and O–H groups in total. The molecule has 4 aromatic rings. The van der Waals surface area contributed by atoms with Crippen LogP contribution in [-0.2, 0) is 0 Å². The molecule has 0 radical (unpaired) electrons. The first-order chi connectivity index (χ1) is 17.2. The molecule has 0 saturated carbocycles. The average molecular weight is 472 g/mol. The number of ether oxygens (including phenoxy) is 3. The van der Waals surface area contributed by atoms with E-state index in [0.717, 1.165) is 39.9 Å². The Balaban J connectivity index is 1.38. The highest BCUT2D eigenvalue weighted by Crippen LogP contribution is 2.41. The molecule has 180 valence electrons. The molecule has 1 fully saturated rings. The van der Waals surface area contributed by atoms with Gasteiger partial charge in [0.2, 0.25) is 0 Å². The number of nitrogens with zero attached hydrogens (tertiary/aromatic N) is 1. The minimum absolute atomic E-state index is 0.283. The predicted molar refractivity (Wildman–Crippen MR) is 138 cm³/mol. The van der Waals surface area contributed by atoms with Crippen molar-refractivity contribution in [3.05, 3.63) is 84.7 Å². The summed E-state index contributed by atoms with van der Waals surface area (Å²) in [6.07, 6.45) is 3.90. The van der Waals surface area contributed by atoms with E-state index in [9.17, 15) is 4.39 Å². The van der Waals surface area contributed by atoms with Crippen molar-refractivity contribution in [1.29, 1.82) is 0 Å². The first-order valence-corrected chi connectivity index (χ1v) is 12.2. The third-order valence-electron chi connectivity index (χ3n) is 6.48. The molecule has 1 aliphatic rings. The Hall–Kier alpha value is -3.57. The zero-order valence-electron chi connectivity index (χ0n) is 20.0. The summed E-state index contributed by atoms with van der Waals surface area (Å²) in [5.41, 5.74) is 1.58. The van der Waals surface area contributed by atoms with E-state index in [1.807, 2.05) is 60.7 Å². The summed E-state index contributed by atoms with van der Waals surface area (Å²) < 4.78 is 31.8. The van der Waals surface area contributed by atoms with Crippen molar-refractivity contribution in [2.24, 2.45) is 0 Å². The maximum Gasteiger partial charge on any atom is 0.143 e. The summed E-state index contributed by atoms with van der Waals surface area (Å²) in [5, 5.41) is 1.91. The lowest BCUT2D eigenvalue weighted by Gasteiger charge is -2.26. The monoisotopic (exact) mass is 471 g/mol. The smallest absolute Gasteiger partial charge is 0.143 e. The number of benzene rings is 4. The maximum absolute atomic E-state index is 14.0. The van der Waals surface area contributed by atoms with Crippen molar-refractivity contribution in [2.75, 3.05) is 33.4 Å². The maximum atomic E-state index is 14.0. The Kier molecular flexibility index (Phi) is 7.15. The van der Waals surface area contributed by atoms with E-state index in [4.69, 9.17) is 14.2 Å². The van der Waals surface area contributed by atoms with Gasteiger partial charge in [-0.25, -0.2) is 4.39 Å². The Morgan fingerprint density at radius 2 is 1.57 bits per heavy atom. The molecule has 0 aliphatic carbocycles. The summed E-state index contributed by atoms with van der Waals surface area (Å²) in [5.74, 6) is 2.67. The van der Waals surface area contributed by atoms with Crippen LogP contribution in [0.15, 0.2) is 78.9 Å². The van der Waals surface area contributed by atoms with E-state index in [1.165, 1.54) is 44.5 Å². The number of halogens is 1. The Bertz CT molecular complexity index is 1280. The quantitative estimate of drug-likeness (QED) is 0.270. The van der Waals surface area contributed by atoms with E-state index in [2.05, 4.69) is 4.90 Å². The van der Waals surface area contributed by atoms with Crippen molar-refractivity contribution in [3.8, 4) is 34.1 Å². The van der Waals surface area contributed by atoms with Crippen LogP contribution >= 0.6 is 0 Å². The second-order valence-corrected chi connectivity index (χ2v) is 8.86. The number of hydrogen-bond donors (Lipinski definition) is 0. The molecule has 5 rings (SSSR count).